The van der Waals surface area contributed by atoms with Gasteiger partial charge in [0.25, 0.3) is 5.91 Å². The van der Waals surface area contributed by atoms with Crippen LogP contribution in [-0.4, -0.2) is 48.1 Å². The summed E-state index contributed by atoms with van der Waals surface area (Å²) in [7, 11) is 0. The van der Waals surface area contributed by atoms with E-state index >= 15 is 0 Å². The Labute approximate surface area is 202 Å². The summed E-state index contributed by atoms with van der Waals surface area (Å²) in [4.78, 5) is 28.3. The van der Waals surface area contributed by atoms with Crippen LogP contribution in [0.25, 0.3) is 10.9 Å². The van der Waals surface area contributed by atoms with Gasteiger partial charge in [0.2, 0.25) is 0 Å². The molecule has 176 valence electrons. The highest BCUT2D eigenvalue weighted by molar-refractivity contribution is 7.17. The maximum atomic E-state index is 12.9. The van der Waals surface area contributed by atoms with Gasteiger partial charge in [-0.2, -0.15) is 10.2 Å². The smallest absolute Gasteiger partial charge is 0.325 e. The number of carboxylic acid groups (broad SMARTS) is 1. The number of thiazole rings is 1. The van der Waals surface area contributed by atoms with Crippen LogP contribution in [0.15, 0.2) is 36.8 Å². The Kier molecular flexibility index (Phi) is 6.18. The molecule has 3 aromatic heterocycles. The van der Waals surface area contributed by atoms with E-state index in [2.05, 4.69) is 25.8 Å². The molecule has 1 amide bonds. The second kappa shape index (κ2) is 9.41. The van der Waals surface area contributed by atoms with Crippen LogP contribution >= 0.6 is 22.9 Å². The lowest BCUT2D eigenvalue weighted by Crippen LogP contribution is -2.19. The lowest BCUT2D eigenvalue weighted by Gasteiger charge is -2.23. The average Bonchev–Trinajstić information content (AvgIpc) is 3.56. The normalized spacial score (nSPS) is 16.0. The number of ether oxygens (including phenoxy) is 1. The number of carbonyl (C=O) groups is 2. The average molecular weight is 502 g/mol. The molecule has 1 fully saturated rings. The van der Waals surface area contributed by atoms with Crippen LogP contribution in [-0.2, 0) is 16.1 Å². The van der Waals surface area contributed by atoms with Gasteiger partial charge in [-0.25, -0.2) is 9.67 Å². The topological polar surface area (TPSA) is 136 Å². The molecule has 13 heteroatoms. The quantitative estimate of drug-likeness (QED) is 0.344. The van der Waals surface area contributed by atoms with Crippen molar-refractivity contribution in [1.29, 1.82) is 0 Å². The van der Waals surface area contributed by atoms with E-state index in [-0.39, 0.29) is 18.7 Å². The third-order valence-corrected chi connectivity index (χ3v) is 6.53. The third-order valence-electron chi connectivity index (χ3n) is 5.30. The van der Waals surface area contributed by atoms with Gasteiger partial charge in [-0.15, -0.1) is 0 Å². The number of hydrogen-bond donors (Lipinski definition) is 3. The zero-order valence-electron chi connectivity index (χ0n) is 17.8. The molecule has 0 radical (unpaired) electrons. The Morgan fingerprint density at radius 3 is 2.94 bits per heavy atom. The zero-order valence-corrected chi connectivity index (χ0v) is 19.3. The number of aliphatic carboxylic acids is 1. The summed E-state index contributed by atoms with van der Waals surface area (Å²) in [6, 6.07) is 5.22. The van der Waals surface area contributed by atoms with Crippen LogP contribution in [0.3, 0.4) is 0 Å². The Hall–Kier alpha value is -3.48. The van der Waals surface area contributed by atoms with Crippen molar-refractivity contribution in [2.24, 2.45) is 0 Å². The summed E-state index contributed by atoms with van der Waals surface area (Å²) in [5, 5.41) is 24.9. The molecule has 4 aromatic rings. The number of carboxylic acids is 1. The van der Waals surface area contributed by atoms with Gasteiger partial charge >= 0.3 is 5.97 Å². The summed E-state index contributed by atoms with van der Waals surface area (Å²) in [6.07, 6.45) is 7.53. The van der Waals surface area contributed by atoms with Crippen molar-refractivity contribution in [1.82, 2.24) is 24.5 Å². The molecule has 1 saturated heterocycles. The molecule has 0 saturated carbocycles. The largest absolute Gasteiger partial charge is 0.480 e. The van der Waals surface area contributed by atoms with Crippen LogP contribution in [0, 0.1) is 0 Å². The highest BCUT2D eigenvalue weighted by atomic mass is 35.5. The number of fused-ring (bicyclic) bond motifs is 1. The Morgan fingerprint density at radius 1 is 1.26 bits per heavy atom. The minimum absolute atomic E-state index is 0.134. The molecule has 0 bridgehead atoms. The molecule has 0 spiro atoms. The van der Waals surface area contributed by atoms with Crippen molar-refractivity contribution >= 4 is 62.4 Å². The Bertz CT molecular complexity index is 1360. The van der Waals surface area contributed by atoms with Crippen LogP contribution in [0.5, 0.6) is 0 Å². The Morgan fingerprint density at radius 2 is 2.15 bits per heavy atom. The molecule has 3 N–H and O–H groups in total. The molecule has 11 nitrogen and oxygen atoms in total. The van der Waals surface area contributed by atoms with Gasteiger partial charge in [0.1, 0.15) is 11.4 Å². The molecule has 34 heavy (non-hydrogen) atoms. The molecule has 1 aliphatic heterocycles. The number of hydrogen-bond acceptors (Lipinski definition) is 8. The van der Waals surface area contributed by atoms with Crippen molar-refractivity contribution < 1.29 is 19.4 Å². The number of nitrogens with one attached hydrogen (secondary N) is 2. The molecule has 1 atom stereocenters. The van der Waals surface area contributed by atoms with Gasteiger partial charge < -0.3 is 20.5 Å². The number of anilines is 3. The summed E-state index contributed by atoms with van der Waals surface area (Å²) in [6.45, 7) is 0.452. The number of nitrogens with zero attached hydrogens (tertiary/aromatic N) is 5. The predicted molar refractivity (Wildman–Crippen MR) is 127 cm³/mol. The van der Waals surface area contributed by atoms with E-state index in [4.69, 9.17) is 21.4 Å². The third kappa shape index (κ3) is 4.60. The first-order valence-electron chi connectivity index (χ1n) is 10.5. The van der Waals surface area contributed by atoms with Crippen molar-refractivity contribution in [2.45, 2.75) is 32.0 Å². The lowest BCUT2D eigenvalue weighted by atomic mass is 10.1. The van der Waals surface area contributed by atoms with Gasteiger partial charge in [0.05, 0.1) is 28.6 Å². The number of halogens is 1. The van der Waals surface area contributed by atoms with E-state index in [0.717, 1.165) is 41.5 Å². The fourth-order valence-electron chi connectivity index (χ4n) is 3.74. The van der Waals surface area contributed by atoms with Gasteiger partial charge in [-0.1, -0.05) is 22.9 Å². The molecule has 1 aromatic carbocycles. The second-order valence-corrected chi connectivity index (χ2v) is 9.10. The second-order valence-electron chi connectivity index (χ2n) is 7.67. The number of rotatable bonds is 7. The summed E-state index contributed by atoms with van der Waals surface area (Å²) in [5.74, 6) is -0.931. The van der Waals surface area contributed by atoms with Gasteiger partial charge in [0.15, 0.2) is 17.2 Å². The summed E-state index contributed by atoms with van der Waals surface area (Å²) >= 11 is 7.55. The number of carbonyl (C=O) groups excluding carboxylic acids is 1. The van der Waals surface area contributed by atoms with Crippen LogP contribution in [0.2, 0.25) is 5.02 Å². The van der Waals surface area contributed by atoms with Crippen LogP contribution < -0.4 is 10.6 Å². The van der Waals surface area contributed by atoms with Crippen molar-refractivity contribution in [3.05, 3.63) is 46.7 Å². The first kappa shape index (κ1) is 22.3. The predicted octanol–water partition coefficient (Wildman–Crippen LogP) is 4.12. The molecular weight excluding hydrogens is 482 g/mol. The molecule has 1 unspecified atom stereocenters. The summed E-state index contributed by atoms with van der Waals surface area (Å²) in [5.41, 5.74) is 1.30. The monoisotopic (exact) mass is 501 g/mol. The molecule has 5 rings (SSSR count). The van der Waals surface area contributed by atoms with E-state index in [1.807, 2.05) is 10.7 Å². The Balaban J connectivity index is 1.32. The minimum Gasteiger partial charge on any atom is -0.480 e. The number of aromatic nitrogens is 5. The van der Waals surface area contributed by atoms with Crippen molar-refractivity contribution in [3.63, 3.8) is 0 Å². The maximum Gasteiger partial charge on any atom is 0.325 e. The van der Waals surface area contributed by atoms with Gasteiger partial charge in [-0.05, 0) is 31.4 Å². The molecule has 4 heterocycles. The summed E-state index contributed by atoms with van der Waals surface area (Å²) < 4.78 is 8.97. The van der Waals surface area contributed by atoms with E-state index in [1.165, 1.54) is 10.9 Å². The van der Waals surface area contributed by atoms with Crippen molar-refractivity contribution in [3.8, 4) is 0 Å². The zero-order chi connectivity index (χ0) is 23.7. The molecular formula is C21H20ClN7O4S. The van der Waals surface area contributed by atoms with Crippen LogP contribution in [0.1, 0.15) is 35.2 Å². The fourth-order valence-corrected chi connectivity index (χ4v) is 4.67. The first-order valence-corrected chi connectivity index (χ1v) is 11.7. The highest BCUT2D eigenvalue weighted by Gasteiger charge is 2.21. The SMILES string of the molecule is O=C(O)Cn1ccc(Nc2ncc(C(=O)Nc3c(Cl)ccc4c3cnn4C3CCCCO3)s2)n1. The number of benzene rings is 1. The van der Waals surface area contributed by atoms with E-state index in [9.17, 15) is 9.59 Å². The standard InChI is InChI=1S/C21H20ClN7O4S/c22-13-4-5-14-12(9-24-29(14)17-3-1-2-8-33-17)19(13)26-20(32)15-10-23-21(34-15)25-16-6-7-28(27-16)11-18(30)31/h4-7,9-10,17H,1-3,8,11H2,(H,26,32)(H,30,31)(H,23,25,27). The molecule has 0 aliphatic carbocycles. The van der Waals surface area contributed by atoms with Crippen molar-refractivity contribution in [2.75, 3.05) is 17.2 Å². The maximum absolute atomic E-state index is 12.9. The lowest BCUT2D eigenvalue weighted by molar-refractivity contribution is -0.137. The molecule has 1 aliphatic rings. The fraction of sp³-hybridized carbons (Fsp3) is 0.286. The van der Waals surface area contributed by atoms with E-state index < -0.39 is 5.97 Å². The first-order chi connectivity index (χ1) is 16.5. The van der Waals surface area contributed by atoms with E-state index in [1.54, 1.807) is 24.5 Å². The van der Waals surface area contributed by atoms with Gasteiger partial charge in [-0.3, -0.25) is 14.3 Å². The number of amides is 1. The highest BCUT2D eigenvalue weighted by Crippen LogP contribution is 2.35. The minimum atomic E-state index is -0.992. The van der Waals surface area contributed by atoms with E-state index in [0.29, 0.717) is 33.1 Å². The van der Waals surface area contributed by atoms with Crippen LogP contribution in [0.4, 0.5) is 16.6 Å². The van der Waals surface area contributed by atoms with Gasteiger partial charge in [0, 0.05) is 24.3 Å².